The molecule has 0 aromatic carbocycles. The predicted octanol–water partition coefficient (Wildman–Crippen LogP) is 0.624. The molecular weight excluding hydrogens is 292 g/mol. The van der Waals surface area contributed by atoms with Crippen molar-refractivity contribution in [2.45, 2.75) is 19.8 Å². The number of carbonyl (C=O) groups is 2. The number of likely N-dealkylation sites (N-methyl/N-ethyl adjacent to an activating group) is 1. The summed E-state index contributed by atoms with van der Waals surface area (Å²) in [6.45, 7) is 7.19. The van der Waals surface area contributed by atoms with Gasteiger partial charge in [0.15, 0.2) is 0 Å². The third kappa shape index (κ3) is 5.04. The average molecular weight is 319 g/mol. The molecule has 2 rings (SSSR count). The first kappa shape index (κ1) is 18.0. The lowest BCUT2D eigenvalue weighted by atomic mass is 10.00. The minimum Gasteiger partial charge on any atom is -0.339 e. The molecule has 6 nitrogen and oxygen atoms in total. The quantitative estimate of drug-likeness (QED) is 0.812. The zero-order valence-corrected chi connectivity index (χ0v) is 13.8. The van der Waals surface area contributed by atoms with Crippen molar-refractivity contribution in [3.63, 3.8) is 0 Å². The van der Waals surface area contributed by atoms with E-state index in [4.69, 9.17) is 0 Å². The van der Waals surface area contributed by atoms with E-state index in [1.54, 1.807) is 11.9 Å². The first-order chi connectivity index (χ1) is 9.58. The lowest BCUT2D eigenvalue weighted by Crippen LogP contribution is -2.52. The molecule has 2 aliphatic rings. The van der Waals surface area contributed by atoms with Crippen molar-refractivity contribution >= 4 is 24.3 Å². The number of likely N-dealkylation sites (tertiary alicyclic amines) is 1. The zero-order valence-electron chi connectivity index (χ0n) is 13.0. The Balaban J connectivity index is 0.00000220. The van der Waals surface area contributed by atoms with Gasteiger partial charge in [0.05, 0.1) is 0 Å². The molecule has 122 valence electrons. The summed E-state index contributed by atoms with van der Waals surface area (Å²) in [5.41, 5.74) is 0. The van der Waals surface area contributed by atoms with Crippen LogP contribution in [0.1, 0.15) is 19.8 Å². The maximum atomic E-state index is 12.3. The van der Waals surface area contributed by atoms with Crippen LogP contribution in [-0.4, -0.2) is 79.5 Å². The van der Waals surface area contributed by atoms with Crippen LogP contribution in [-0.2, 0) is 4.79 Å². The van der Waals surface area contributed by atoms with Crippen LogP contribution in [0.15, 0.2) is 0 Å². The van der Waals surface area contributed by atoms with Gasteiger partial charge in [-0.25, -0.2) is 4.79 Å². The van der Waals surface area contributed by atoms with Crippen molar-refractivity contribution in [2.24, 2.45) is 5.92 Å². The van der Waals surface area contributed by atoms with Crippen LogP contribution in [0.2, 0.25) is 0 Å². The molecule has 2 saturated heterocycles. The fourth-order valence-electron chi connectivity index (χ4n) is 2.73. The number of nitrogens with zero attached hydrogens (tertiary/aromatic N) is 3. The van der Waals surface area contributed by atoms with Crippen molar-refractivity contribution in [2.75, 3.05) is 52.9 Å². The van der Waals surface area contributed by atoms with Gasteiger partial charge >= 0.3 is 6.03 Å². The molecule has 3 amide bonds. The highest BCUT2D eigenvalue weighted by atomic mass is 35.5. The van der Waals surface area contributed by atoms with E-state index in [0.29, 0.717) is 5.92 Å². The Bertz CT molecular complexity index is 353. The molecular formula is C14H27ClN4O2. The van der Waals surface area contributed by atoms with Gasteiger partial charge in [-0.3, -0.25) is 4.79 Å². The molecule has 2 aliphatic heterocycles. The van der Waals surface area contributed by atoms with E-state index in [2.05, 4.69) is 12.2 Å². The van der Waals surface area contributed by atoms with Crippen molar-refractivity contribution < 1.29 is 9.59 Å². The molecule has 2 heterocycles. The second-order valence-electron chi connectivity index (χ2n) is 5.94. The largest absolute Gasteiger partial charge is 0.339 e. The third-order valence-electron chi connectivity index (χ3n) is 4.22. The number of rotatable bonds is 2. The molecule has 21 heavy (non-hydrogen) atoms. The van der Waals surface area contributed by atoms with Crippen LogP contribution < -0.4 is 5.32 Å². The van der Waals surface area contributed by atoms with Crippen LogP contribution >= 0.6 is 12.4 Å². The zero-order chi connectivity index (χ0) is 14.5. The summed E-state index contributed by atoms with van der Waals surface area (Å²) in [6.07, 6.45) is 2.12. The predicted molar refractivity (Wildman–Crippen MR) is 84.7 cm³/mol. The van der Waals surface area contributed by atoms with E-state index in [-0.39, 0.29) is 30.9 Å². The van der Waals surface area contributed by atoms with E-state index in [1.807, 2.05) is 9.80 Å². The Hall–Kier alpha value is -1.01. The SMILES string of the molecule is CC1CCN(C(=O)N(C)CC(=O)N2CCNCC2)CC1.Cl. The number of urea groups is 1. The highest BCUT2D eigenvalue weighted by molar-refractivity contribution is 5.85. The number of hydrogen-bond acceptors (Lipinski definition) is 3. The summed E-state index contributed by atoms with van der Waals surface area (Å²) in [5, 5.41) is 3.22. The van der Waals surface area contributed by atoms with Crippen molar-refractivity contribution in [3.8, 4) is 0 Å². The summed E-state index contributed by atoms with van der Waals surface area (Å²) in [4.78, 5) is 29.7. The van der Waals surface area contributed by atoms with Gasteiger partial charge in [-0.2, -0.15) is 0 Å². The van der Waals surface area contributed by atoms with Crippen LogP contribution in [0.5, 0.6) is 0 Å². The highest BCUT2D eigenvalue weighted by Crippen LogP contribution is 2.16. The summed E-state index contributed by atoms with van der Waals surface area (Å²) in [7, 11) is 1.72. The first-order valence-corrected chi connectivity index (χ1v) is 7.56. The first-order valence-electron chi connectivity index (χ1n) is 7.56. The minimum absolute atomic E-state index is 0. The number of amides is 3. The maximum absolute atomic E-state index is 12.3. The van der Waals surface area contributed by atoms with Gasteiger partial charge in [0, 0.05) is 46.3 Å². The van der Waals surface area contributed by atoms with Crippen molar-refractivity contribution in [1.29, 1.82) is 0 Å². The molecule has 7 heteroatoms. The molecule has 0 aliphatic carbocycles. The fraction of sp³-hybridized carbons (Fsp3) is 0.857. The summed E-state index contributed by atoms with van der Waals surface area (Å²) in [5.74, 6) is 0.750. The second kappa shape index (κ2) is 8.44. The monoisotopic (exact) mass is 318 g/mol. The molecule has 0 saturated carbocycles. The molecule has 0 aromatic heterocycles. The van der Waals surface area contributed by atoms with Gasteiger partial charge in [0.25, 0.3) is 0 Å². The van der Waals surface area contributed by atoms with Gasteiger partial charge in [0.2, 0.25) is 5.91 Å². The van der Waals surface area contributed by atoms with E-state index >= 15 is 0 Å². The van der Waals surface area contributed by atoms with Gasteiger partial charge in [-0.15, -0.1) is 12.4 Å². The van der Waals surface area contributed by atoms with Gasteiger partial charge in [0.1, 0.15) is 6.54 Å². The van der Waals surface area contributed by atoms with E-state index in [1.165, 1.54) is 0 Å². The molecule has 0 atom stereocenters. The van der Waals surface area contributed by atoms with Crippen LogP contribution in [0.25, 0.3) is 0 Å². The molecule has 0 aromatic rings. The summed E-state index contributed by atoms with van der Waals surface area (Å²) < 4.78 is 0. The molecule has 0 bridgehead atoms. The Morgan fingerprint density at radius 1 is 1.10 bits per heavy atom. The van der Waals surface area contributed by atoms with Crippen LogP contribution in [0.3, 0.4) is 0 Å². The van der Waals surface area contributed by atoms with Gasteiger partial charge in [-0.1, -0.05) is 6.92 Å². The van der Waals surface area contributed by atoms with Crippen LogP contribution in [0.4, 0.5) is 4.79 Å². The van der Waals surface area contributed by atoms with E-state index in [0.717, 1.165) is 52.1 Å². The second-order valence-corrected chi connectivity index (χ2v) is 5.94. The average Bonchev–Trinajstić information content (AvgIpc) is 2.48. The van der Waals surface area contributed by atoms with Crippen molar-refractivity contribution in [1.82, 2.24) is 20.0 Å². The molecule has 0 unspecified atom stereocenters. The lowest BCUT2D eigenvalue weighted by molar-refractivity contribution is -0.132. The lowest BCUT2D eigenvalue weighted by Gasteiger charge is -2.34. The minimum atomic E-state index is -0.0135. The smallest absolute Gasteiger partial charge is 0.320 e. The molecule has 2 fully saturated rings. The normalized spacial score (nSPS) is 19.9. The number of hydrogen-bond donors (Lipinski definition) is 1. The molecule has 0 radical (unpaired) electrons. The molecule has 1 N–H and O–H groups in total. The Labute approximate surface area is 133 Å². The van der Waals surface area contributed by atoms with E-state index < -0.39 is 0 Å². The Morgan fingerprint density at radius 2 is 1.67 bits per heavy atom. The Kier molecular flexibility index (Phi) is 7.25. The maximum Gasteiger partial charge on any atom is 0.320 e. The summed E-state index contributed by atoms with van der Waals surface area (Å²) >= 11 is 0. The fourth-order valence-corrected chi connectivity index (χ4v) is 2.73. The number of piperidine rings is 1. The highest BCUT2D eigenvalue weighted by Gasteiger charge is 2.25. The number of carbonyl (C=O) groups excluding carboxylic acids is 2. The standard InChI is InChI=1S/C14H26N4O2.ClH/c1-12-3-7-18(8-4-12)14(20)16(2)11-13(19)17-9-5-15-6-10-17;/h12,15H,3-11H2,1-2H3;1H. The number of piperazine rings is 1. The number of nitrogens with one attached hydrogen (secondary N) is 1. The number of halogens is 1. The van der Waals surface area contributed by atoms with E-state index in [9.17, 15) is 9.59 Å². The van der Waals surface area contributed by atoms with Crippen molar-refractivity contribution in [3.05, 3.63) is 0 Å². The molecule has 0 spiro atoms. The third-order valence-corrected chi connectivity index (χ3v) is 4.22. The topological polar surface area (TPSA) is 55.9 Å². The Morgan fingerprint density at radius 3 is 2.24 bits per heavy atom. The van der Waals surface area contributed by atoms with Crippen LogP contribution in [0, 0.1) is 5.92 Å². The van der Waals surface area contributed by atoms with Gasteiger partial charge < -0.3 is 20.0 Å². The summed E-state index contributed by atoms with van der Waals surface area (Å²) in [6, 6.07) is -0.0135. The van der Waals surface area contributed by atoms with Gasteiger partial charge in [-0.05, 0) is 18.8 Å².